The Morgan fingerprint density at radius 1 is 1.27 bits per heavy atom. The van der Waals surface area contributed by atoms with E-state index in [9.17, 15) is 8.42 Å². The number of hydrogen-bond acceptors (Lipinski definition) is 6. The van der Waals surface area contributed by atoms with E-state index >= 15 is 0 Å². The molecular formula is C13H11ClN4O2S2. The number of aromatic nitrogens is 4. The van der Waals surface area contributed by atoms with Gasteiger partial charge in [-0.3, -0.25) is 4.98 Å². The predicted molar refractivity (Wildman–Crippen MR) is 84.4 cm³/mol. The van der Waals surface area contributed by atoms with E-state index in [0.717, 1.165) is 0 Å². The van der Waals surface area contributed by atoms with Gasteiger partial charge in [-0.1, -0.05) is 11.6 Å². The molecule has 3 aromatic heterocycles. The van der Waals surface area contributed by atoms with E-state index in [1.54, 1.807) is 19.9 Å². The number of pyridine rings is 1. The van der Waals surface area contributed by atoms with Gasteiger partial charge in [0.25, 0.3) is 0 Å². The van der Waals surface area contributed by atoms with Crippen LogP contribution in [0.15, 0.2) is 39.2 Å². The van der Waals surface area contributed by atoms with Crippen LogP contribution in [0.4, 0.5) is 0 Å². The number of hydrogen-bond donors (Lipinski definition) is 1. The smallest absolute Gasteiger partial charge is 0.213 e. The van der Waals surface area contributed by atoms with Crippen LogP contribution in [-0.4, -0.2) is 28.0 Å². The van der Waals surface area contributed by atoms with E-state index in [4.69, 9.17) is 11.6 Å². The lowest BCUT2D eigenvalue weighted by Crippen LogP contribution is -2.05. The van der Waals surface area contributed by atoms with Crippen molar-refractivity contribution in [1.29, 1.82) is 0 Å². The third-order valence-corrected chi connectivity index (χ3v) is 6.09. The number of fused-ring (bicyclic) bond motifs is 1. The molecule has 0 aromatic carbocycles. The molecule has 0 spiro atoms. The number of aryl methyl sites for hydroxylation is 2. The van der Waals surface area contributed by atoms with Crippen molar-refractivity contribution >= 4 is 39.7 Å². The van der Waals surface area contributed by atoms with Crippen molar-refractivity contribution in [2.45, 2.75) is 28.5 Å². The Labute approximate surface area is 137 Å². The highest BCUT2D eigenvalue weighted by atomic mass is 35.5. The summed E-state index contributed by atoms with van der Waals surface area (Å²) in [7, 11) is -3.79. The number of thiol groups is 1. The van der Waals surface area contributed by atoms with Gasteiger partial charge >= 0.3 is 0 Å². The molecular weight excluding hydrogens is 344 g/mol. The van der Waals surface area contributed by atoms with Gasteiger partial charge in [0, 0.05) is 12.4 Å². The Kier molecular flexibility index (Phi) is 3.62. The van der Waals surface area contributed by atoms with Crippen LogP contribution >= 0.6 is 24.2 Å². The van der Waals surface area contributed by atoms with Gasteiger partial charge in [0.1, 0.15) is 10.0 Å². The molecule has 3 rings (SSSR count). The molecule has 0 aliphatic rings. The second-order valence-electron chi connectivity index (χ2n) is 4.68. The number of rotatable bonds is 2. The van der Waals surface area contributed by atoms with Crippen LogP contribution in [0.2, 0.25) is 5.15 Å². The Morgan fingerprint density at radius 3 is 2.64 bits per heavy atom. The normalized spacial score (nSPS) is 12.0. The zero-order chi connectivity index (χ0) is 16.1. The molecule has 0 fully saturated rings. The Balaban J connectivity index is 2.40. The molecule has 0 amide bonds. The van der Waals surface area contributed by atoms with E-state index in [2.05, 4.69) is 27.7 Å². The van der Waals surface area contributed by atoms with Crippen molar-refractivity contribution in [3.8, 4) is 0 Å². The summed E-state index contributed by atoms with van der Waals surface area (Å²) in [5.41, 5.74) is 1.03. The van der Waals surface area contributed by atoms with Gasteiger partial charge < -0.3 is 0 Å². The molecule has 0 N–H and O–H groups in total. The minimum absolute atomic E-state index is 0.0267. The third-order valence-electron chi connectivity index (χ3n) is 3.19. The fraction of sp³-hybridized carbons (Fsp3) is 0.154. The van der Waals surface area contributed by atoms with Crippen LogP contribution in [-0.2, 0) is 9.84 Å². The van der Waals surface area contributed by atoms with Crippen LogP contribution < -0.4 is 0 Å². The lowest BCUT2D eigenvalue weighted by atomic mass is 10.4. The second-order valence-corrected chi connectivity index (χ2v) is 7.37. The predicted octanol–water partition coefficient (Wildman–Crippen LogP) is 2.52. The molecule has 0 saturated carbocycles. The quantitative estimate of drug-likeness (QED) is 0.565. The van der Waals surface area contributed by atoms with Crippen LogP contribution in [0.3, 0.4) is 0 Å². The summed E-state index contributed by atoms with van der Waals surface area (Å²) in [6, 6.07) is 3.04. The highest BCUT2D eigenvalue weighted by molar-refractivity contribution is 7.91. The molecule has 0 saturated heterocycles. The monoisotopic (exact) mass is 354 g/mol. The van der Waals surface area contributed by atoms with Crippen molar-refractivity contribution in [1.82, 2.24) is 19.6 Å². The zero-order valence-corrected chi connectivity index (χ0v) is 14.1. The van der Waals surface area contributed by atoms with Crippen molar-refractivity contribution in [3.63, 3.8) is 0 Å². The Bertz CT molecular complexity index is 984. The maximum atomic E-state index is 12.8. The van der Waals surface area contributed by atoms with Gasteiger partial charge in [-0.2, -0.15) is 5.10 Å². The van der Waals surface area contributed by atoms with E-state index in [1.165, 1.54) is 23.0 Å². The van der Waals surface area contributed by atoms with Gasteiger partial charge in [-0.25, -0.2) is 17.9 Å². The van der Waals surface area contributed by atoms with Gasteiger partial charge in [0.2, 0.25) is 9.84 Å². The maximum absolute atomic E-state index is 12.8. The molecule has 0 atom stereocenters. The number of sulfone groups is 1. The molecule has 0 aliphatic carbocycles. The van der Waals surface area contributed by atoms with Crippen molar-refractivity contribution in [2.75, 3.05) is 0 Å². The molecule has 22 heavy (non-hydrogen) atoms. The lowest BCUT2D eigenvalue weighted by molar-refractivity contribution is 0.595. The molecule has 0 aliphatic heterocycles. The summed E-state index contributed by atoms with van der Waals surface area (Å²) in [6.07, 6.45) is 2.80. The first-order valence-electron chi connectivity index (χ1n) is 6.23. The first-order valence-corrected chi connectivity index (χ1v) is 8.54. The molecule has 0 bridgehead atoms. The van der Waals surface area contributed by atoms with E-state index in [-0.39, 0.29) is 20.6 Å². The average molecular weight is 355 g/mol. The summed E-state index contributed by atoms with van der Waals surface area (Å²) in [5.74, 6) is 0. The maximum Gasteiger partial charge on any atom is 0.213 e. The lowest BCUT2D eigenvalue weighted by Gasteiger charge is -2.06. The molecule has 0 radical (unpaired) electrons. The van der Waals surface area contributed by atoms with E-state index in [1.807, 2.05) is 0 Å². The standard InChI is InChI=1S/C13H11ClN4O2S2/c1-7-10(21)12(14)18-13(16-7)11(8(2)17-18)22(19,20)9-4-3-5-15-6-9/h3-6,21H,1-2H3. The summed E-state index contributed by atoms with van der Waals surface area (Å²) < 4.78 is 27.0. The summed E-state index contributed by atoms with van der Waals surface area (Å²) in [5, 5.41) is 4.40. The third kappa shape index (κ3) is 2.18. The fourth-order valence-corrected chi connectivity index (χ4v) is 4.03. The highest BCUT2D eigenvalue weighted by Gasteiger charge is 2.28. The molecule has 6 nitrogen and oxygen atoms in total. The minimum atomic E-state index is -3.79. The van der Waals surface area contributed by atoms with Crippen LogP contribution in [0.1, 0.15) is 11.4 Å². The Morgan fingerprint density at radius 2 is 2.00 bits per heavy atom. The zero-order valence-electron chi connectivity index (χ0n) is 11.6. The number of halogens is 1. The molecule has 9 heteroatoms. The van der Waals surface area contributed by atoms with Gasteiger partial charge in [0.05, 0.1) is 21.2 Å². The van der Waals surface area contributed by atoms with Gasteiger partial charge in [-0.05, 0) is 26.0 Å². The minimum Gasteiger partial charge on any atom is -0.263 e. The second kappa shape index (κ2) is 5.22. The van der Waals surface area contributed by atoms with Crippen LogP contribution in [0, 0.1) is 13.8 Å². The topological polar surface area (TPSA) is 77.2 Å². The summed E-state index contributed by atoms with van der Waals surface area (Å²) in [6.45, 7) is 3.30. The fourth-order valence-electron chi connectivity index (χ4n) is 2.14. The highest BCUT2D eigenvalue weighted by Crippen LogP contribution is 2.31. The van der Waals surface area contributed by atoms with Crippen molar-refractivity contribution < 1.29 is 8.42 Å². The number of nitrogens with zero attached hydrogens (tertiary/aromatic N) is 4. The SMILES string of the molecule is Cc1nc2c(S(=O)(=O)c3cccnc3)c(C)nn2c(Cl)c1S. The first kappa shape index (κ1) is 15.3. The molecule has 114 valence electrons. The van der Waals surface area contributed by atoms with Crippen LogP contribution in [0.5, 0.6) is 0 Å². The molecule has 0 unspecified atom stereocenters. The van der Waals surface area contributed by atoms with Crippen molar-refractivity contribution in [2.24, 2.45) is 0 Å². The summed E-state index contributed by atoms with van der Waals surface area (Å²) in [4.78, 5) is 8.71. The largest absolute Gasteiger partial charge is 0.263 e. The van der Waals surface area contributed by atoms with Crippen LogP contribution in [0.25, 0.3) is 5.65 Å². The summed E-state index contributed by atoms with van der Waals surface area (Å²) >= 11 is 10.4. The molecule has 3 aromatic rings. The Hall–Kier alpha value is -1.64. The molecule has 3 heterocycles. The van der Waals surface area contributed by atoms with E-state index in [0.29, 0.717) is 16.3 Å². The van der Waals surface area contributed by atoms with Crippen molar-refractivity contribution in [3.05, 3.63) is 41.1 Å². The van der Waals surface area contributed by atoms with Gasteiger partial charge in [-0.15, -0.1) is 12.6 Å². The van der Waals surface area contributed by atoms with Gasteiger partial charge in [0.15, 0.2) is 5.65 Å². The van der Waals surface area contributed by atoms with E-state index < -0.39 is 9.84 Å². The average Bonchev–Trinajstić information content (AvgIpc) is 2.83. The first-order chi connectivity index (χ1) is 10.3.